The Bertz CT molecular complexity index is 805. The molecule has 2 aromatic heterocycles. The number of aromatic nitrogens is 3. The van der Waals surface area contributed by atoms with Gasteiger partial charge in [0.05, 0.1) is 19.3 Å². The molecule has 150 valence electrons. The van der Waals surface area contributed by atoms with E-state index in [0.717, 1.165) is 31.4 Å². The number of carbonyl (C=O) groups excluding carboxylic acids is 2. The third kappa shape index (κ3) is 4.99. The van der Waals surface area contributed by atoms with Gasteiger partial charge in [-0.3, -0.25) is 9.89 Å². The molecule has 0 bridgehead atoms. The minimum atomic E-state index is -0.363. The molecule has 0 radical (unpaired) electrons. The predicted molar refractivity (Wildman–Crippen MR) is 102 cm³/mol. The molecule has 2 heterocycles. The zero-order chi connectivity index (χ0) is 19.9. The molecule has 2 aromatic rings. The number of amides is 2. The summed E-state index contributed by atoms with van der Waals surface area (Å²) in [6.45, 7) is 2.38. The van der Waals surface area contributed by atoms with Gasteiger partial charge in [-0.25, -0.2) is 9.78 Å². The van der Waals surface area contributed by atoms with E-state index in [0.29, 0.717) is 23.9 Å². The molecule has 1 fully saturated rings. The molecule has 3 N–H and O–H groups in total. The van der Waals surface area contributed by atoms with Crippen LogP contribution in [0.25, 0.3) is 0 Å². The second kappa shape index (κ2) is 9.20. The number of pyridine rings is 1. The summed E-state index contributed by atoms with van der Waals surface area (Å²) in [6, 6.07) is 5.18. The first-order valence-corrected chi connectivity index (χ1v) is 9.39. The van der Waals surface area contributed by atoms with Gasteiger partial charge in [0.15, 0.2) is 5.82 Å². The molecule has 1 aliphatic rings. The number of methoxy groups -OCH3 is 1. The molecule has 2 atom stereocenters. The summed E-state index contributed by atoms with van der Waals surface area (Å²) in [5, 5.41) is 12.8. The number of alkyl carbamates (subject to hydrolysis) is 1. The van der Waals surface area contributed by atoms with E-state index in [1.54, 1.807) is 12.1 Å². The van der Waals surface area contributed by atoms with Crippen LogP contribution < -0.4 is 15.4 Å². The number of carbonyl (C=O) groups is 2. The lowest BCUT2D eigenvalue weighted by Gasteiger charge is -2.12. The average molecular weight is 387 g/mol. The zero-order valence-corrected chi connectivity index (χ0v) is 16.0. The van der Waals surface area contributed by atoms with Crippen molar-refractivity contribution >= 4 is 17.8 Å². The Labute approximate surface area is 163 Å². The second-order valence-corrected chi connectivity index (χ2v) is 6.74. The highest BCUT2D eigenvalue weighted by molar-refractivity contribution is 6.03. The van der Waals surface area contributed by atoms with Crippen molar-refractivity contribution in [2.24, 2.45) is 0 Å². The van der Waals surface area contributed by atoms with Crippen LogP contribution in [0, 0.1) is 0 Å². The molecule has 0 spiro atoms. The highest BCUT2D eigenvalue weighted by Crippen LogP contribution is 2.34. The summed E-state index contributed by atoms with van der Waals surface area (Å²) in [7, 11) is 1.52. The number of hydrogen-bond donors (Lipinski definition) is 3. The molecular formula is C19H25N5O4. The Kier molecular flexibility index (Phi) is 6.46. The maximum atomic E-state index is 12.3. The number of H-pyrrole nitrogens is 1. The summed E-state index contributed by atoms with van der Waals surface area (Å²) >= 11 is 0. The second-order valence-electron chi connectivity index (χ2n) is 6.74. The molecule has 1 aliphatic carbocycles. The van der Waals surface area contributed by atoms with Gasteiger partial charge in [0.25, 0.3) is 5.91 Å². The summed E-state index contributed by atoms with van der Waals surface area (Å²) in [4.78, 5) is 28.0. The van der Waals surface area contributed by atoms with Gasteiger partial charge >= 0.3 is 6.09 Å². The van der Waals surface area contributed by atoms with Crippen molar-refractivity contribution in [1.82, 2.24) is 20.5 Å². The van der Waals surface area contributed by atoms with Gasteiger partial charge in [0.2, 0.25) is 5.88 Å². The van der Waals surface area contributed by atoms with Crippen molar-refractivity contribution in [1.29, 1.82) is 0 Å². The van der Waals surface area contributed by atoms with Crippen LogP contribution in [0.3, 0.4) is 0 Å². The highest BCUT2D eigenvalue weighted by Gasteiger charge is 2.28. The number of nitrogens with one attached hydrogen (secondary N) is 3. The van der Waals surface area contributed by atoms with Crippen LogP contribution in [0.2, 0.25) is 0 Å². The van der Waals surface area contributed by atoms with E-state index in [1.165, 1.54) is 13.3 Å². The molecule has 0 saturated heterocycles. The molecule has 3 rings (SSSR count). The number of rotatable bonds is 7. The molecule has 0 unspecified atom stereocenters. The van der Waals surface area contributed by atoms with Crippen LogP contribution >= 0.6 is 0 Å². The Morgan fingerprint density at radius 3 is 2.89 bits per heavy atom. The van der Waals surface area contributed by atoms with E-state index in [9.17, 15) is 9.59 Å². The van der Waals surface area contributed by atoms with Gasteiger partial charge in [-0.05, 0) is 31.7 Å². The lowest BCUT2D eigenvalue weighted by atomic mass is 10.0. The molecule has 0 aromatic carbocycles. The average Bonchev–Trinajstić information content (AvgIpc) is 3.36. The van der Waals surface area contributed by atoms with E-state index in [4.69, 9.17) is 9.47 Å². The largest absolute Gasteiger partial charge is 0.481 e. The van der Waals surface area contributed by atoms with E-state index in [1.807, 2.05) is 13.0 Å². The fourth-order valence-corrected chi connectivity index (χ4v) is 3.23. The maximum Gasteiger partial charge on any atom is 0.407 e. The summed E-state index contributed by atoms with van der Waals surface area (Å²) in [5.41, 5.74) is 1.36. The number of aromatic amines is 1. The van der Waals surface area contributed by atoms with Gasteiger partial charge in [-0.1, -0.05) is 6.92 Å². The first-order chi connectivity index (χ1) is 13.6. The topological polar surface area (TPSA) is 118 Å². The van der Waals surface area contributed by atoms with Gasteiger partial charge in [-0.2, -0.15) is 5.10 Å². The lowest BCUT2D eigenvalue weighted by molar-refractivity contribution is 0.102. The first-order valence-electron chi connectivity index (χ1n) is 9.39. The zero-order valence-electron chi connectivity index (χ0n) is 16.0. The maximum absolute atomic E-state index is 12.3. The standard InChI is InChI=1S/C19H25N5O4/c1-3-8-28-19(26)21-14-6-4-12(9-14)15-10-16(24-23-15)22-18(25)13-5-7-17(27-2)20-11-13/h5,7,10-12,14H,3-4,6,8-9H2,1-2H3,(H,21,26)(H2,22,23,24,25)/t12-,14+/m1/s1. The van der Waals surface area contributed by atoms with Crippen LogP contribution in [-0.4, -0.2) is 46.9 Å². The third-order valence-corrected chi connectivity index (χ3v) is 4.68. The molecule has 1 saturated carbocycles. The fraction of sp³-hybridized carbons (Fsp3) is 0.474. The van der Waals surface area contributed by atoms with Crippen molar-refractivity contribution < 1.29 is 19.1 Å². The van der Waals surface area contributed by atoms with Crippen LogP contribution in [0.1, 0.15) is 54.6 Å². The van der Waals surface area contributed by atoms with Crippen LogP contribution in [-0.2, 0) is 4.74 Å². The Morgan fingerprint density at radius 2 is 2.18 bits per heavy atom. The number of ether oxygens (including phenoxy) is 2. The SMILES string of the molecule is CCCOC(=O)N[C@H]1CC[C@@H](c2cc(NC(=O)c3ccc(OC)nc3)n[nH]2)C1. The molecule has 2 amide bonds. The van der Waals surface area contributed by atoms with Crippen molar-refractivity contribution in [3.63, 3.8) is 0 Å². The number of hydrogen-bond acceptors (Lipinski definition) is 6. The Balaban J connectivity index is 1.52. The van der Waals surface area contributed by atoms with Gasteiger partial charge in [0, 0.05) is 36.0 Å². The summed E-state index contributed by atoms with van der Waals surface area (Å²) in [5.74, 6) is 0.853. The first kappa shape index (κ1) is 19.7. The monoisotopic (exact) mass is 387 g/mol. The summed E-state index contributed by atoms with van der Waals surface area (Å²) < 4.78 is 10.1. The normalized spacial score (nSPS) is 18.5. The van der Waals surface area contributed by atoms with Crippen LogP contribution in [0.5, 0.6) is 5.88 Å². The number of anilines is 1. The minimum absolute atomic E-state index is 0.0843. The Morgan fingerprint density at radius 1 is 1.32 bits per heavy atom. The quantitative estimate of drug-likeness (QED) is 0.672. The van der Waals surface area contributed by atoms with Gasteiger partial charge in [0.1, 0.15) is 0 Å². The molecule has 28 heavy (non-hydrogen) atoms. The predicted octanol–water partition coefficient (Wildman–Crippen LogP) is 2.84. The van der Waals surface area contributed by atoms with Gasteiger partial charge < -0.3 is 20.1 Å². The Hall–Kier alpha value is -3.10. The van der Waals surface area contributed by atoms with Crippen molar-refractivity contribution in [3.8, 4) is 5.88 Å². The van der Waals surface area contributed by atoms with E-state index < -0.39 is 0 Å². The molecule has 9 nitrogen and oxygen atoms in total. The van der Waals surface area contributed by atoms with E-state index >= 15 is 0 Å². The number of nitrogens with zero attached hydrogens (tertiary/aromatic N) is 2. The van der Waals surface area contributed by atoms with Crippen LogP contribution in [0.15, 0.2) is 24.4 Å². The van der Waals surface area contributed by atoms with Gasteiger partial charge in [-0.15, -0.1) is 0 Å². The van der Waals surface area contributed by atoms with Crippen molar-refractivity contribution in [2.45, 2.75) is 44.6 Å². The smallest absolute Gasteiger partial charge is 0.407 e. The lowest BCUT2D eigenvalue weighted by Crippen LogP contribution is -2.33. The van der Waals surface area contributed by atoms with E-state index in [-0.39, 0.29) is 24.0 Å². The molecular weight excluding hydrogens is 362 g/mol. The van der Waals surface area contributed by atoms with Crippen molar-refractivity contribution in [2.75, 3.05) is 19.0 Å². The molecule has 0 aliphatic heterocycles. The highest BCUT2D eigenvalue weighted by atomic mass is 16.5. The third-order valence-electron chi connectivity index (χ3n) is 4.68. The van der Waals surface area contributed by atoms with Crippen molar-refractivity contribution in [3.05, 3.63) is 35.7 Å². The van der Waals surface area contributed by atoms with E-state index in [2.05, 4.69) is 25.8 Å². The molecule has 9 heteroatoms. The summed E-state index contributed by atoms with van der Waals surface area (Å²) in [6.07, 6.45) is 4.50. The fourth-order valence-electron chi connectivity index (χ4n) is 3.23. The van der Waals surface area contributed by atoms with Crippen LogP contribution in [0.4, 0.5) is 10.6 Å². The minimum Gasteiger partial charge on any atom is -0.481 e.